The fraction of sp³-hybridized carbons (Fsp3) is 0.867. The molecule has 0 aliphatic heterocycles. The molecule has 0 rings (SSSR count). The van der Waals surface area contributed by atoms with Crippen molar-refractivity contribution in [3.05, 3.63) is 0 Å². The molecule has 0 saturated heterocycles. The van der Waals surface area contributed by atoms with Gasteiger partial charge in [-0.05, 0) is 26.7 Å². The van der Waals surface area contributed by atoms with E-state index in [1.165, 1.54) is 0 Å². The average molecular weight is 288 g/mol. The predicted molar refractivity (Wildman–Crippen MR) is 76.4 cm³/mol. The zero-order valence-electron chi connectivity index (χ0n) is 13.1. The lowest BCUT2D eigenvalue weighted by atomic mass is 10.2. The smallest absolute Gasteiger partial charge is 0.306 e. The van der Waals surface area contributed by atoms with Crippen LogP contribution in [0.1, 0.15) is 59.8 Å². The van der Waals surface area contributed by atoms with Gasteiger partial charge in [0.1, 0.15) is 12.7 Å². The van der Waals surface area contributed by atoms with Crippen molar-refractivity contribution in [2.75, 3.05) is 13.2 Å². The van der Waals surface area contributed by atoms with Crippen LogP contribution >= 0.6 is 0 Å². The standard InChI is InChI=1S/C15H28O5/c1-5-7-9-15(17)20-13(4)11-18-12(3)10-19-14(16)8-6-2/h12-13H,5-11H2,1-4H3. The summed E-state index contributed by atoms with van der Waals surface area (Å²) in [6.45, 7) is 8.11. The lowest BCUT2D eigenvalue weighted by Gasteiger charge is -2.17. The summed E-state index contributed by atoms with van der Waals surface area (Å²) in [6, 6.07) is 0. The van der Waals surface area contributed by atoms with E-state index in [1.54, 1.807) is 6.92 Å². The minimum atomic E-state index is -0.284. The summed E-state index contributed by atoms with van der Waals surface area (Å²) >= 11 is 0. The summed E-state index contributed by atoms with van der Waals surface area (Å²) in [5.74, 6) is -0.396. The normalized spacial score (nSPS) is 13.6. The first-order chi connectivity index (χ1) is 9.49. The van der Waals surface area contributed by atoms with Crippen LogP contribution in [0.2, 0.25) is 0 Å². The Kier molecular flexibility index (Phi) is 11.1. The van der Waals surface area contributed by atoms with Crippen LogP contribution in [-0.2, 0) is 23.8 Å². The number of hydrogen-bond donors (Lipinski definition) is 0. The van der Waals surface area contributed by atoms with Crippen molar-refractivity contribution in [3.8, 4) is 0 Å². The third kappa shape index (κ3) is 10.8. The third-order valence-corrected chi connectivity index (χ3v) is 2.62. The molecule has 0 saturated carbocycles. The van der Waals surface area contributed by atoms with E-state index in [4.69, 9.17) is 14.2 Å². The lowest BCUT2D eigenvalue weighted by molar-refractivity contribution is -0.154. The molecular formula is C15H28O5. The Labute approximate surface area is 122 Å². The van der Waals surface area contributed by atoms with Crippen molar-refractivity contribution >= 4 is 11.9 Å². The molecule has 0 heterocycles. The maximum Gasteiger partial charge on any atom is 0.306 e. The summed E-state index contributed by atoms with van der Waals surface area (Å²) in [5, 5.41) is 0. The Morgan fingerprint density at radius 1 is 0.900 bits per heavy atom. The maximum absolute atomic E-state index is 11.4. The van der Waals surface area contributed by atoms with Gasteiger partial charge in [-0.25, -0.2) is 0 Å². The first-order valence-corrected chi connectivity index (χ1v) is 7.46. The second-order valence-corrected chi connectivity index (χ2v) is 4.98. The summed E-state index contributed by atoms with van der Waals surface area (Å²) in [6.07, 6.45) is 2.99. The topological polar surface area (TPSA) is 61.8 Å². The lowest BCUT2D eigenvalue weighted by Crippen LogP contribution is -2.26. The van der Waals surface area contributed by atoms with Gasteiger partial charge in [0.15, 0.2) is 0 Å². The Bertz CT molecular complexity index is 277. The van der Waals surface area contributed by atoms with Crippen molar-refractivity contribution in [1.29, 1.82) is 0 Å². The van der Waals surface area contributed by atoms with Crippen LogP contribution in [0.3, 0.4) is 0 Å². The number of hydrogen-bond acceptors (Lipinski definition) is 5. The maximum atomic E-state index is 11.4. The zero-order chi connectivity index (χ0) is 15.4. The highest BCUT2D eigenvalue weighted by molar-refractivity contribution is 5.69. The van der Waals surface area contributed by atoms with Crippen molar-refractivity contribution in [2.24, 2.45) is 0 Å². The Balaban J connectivity index is 3.69. The van der Waals surface area contributed by atoms with Crippen LogP contribution in [0.4, 0.5) is 0 Å². The van der Waals surface area contributed by atoms with Gasteiger partial charge in [-0.1, -0.05) is 20.3 Å². The van der Waals surface area contributed by atoms with Gasteiger partial charge < -0.3 is 14.2 Å². The number of unbranched alkanes of at least 4 members (excludes halogenated alkanes) is 1. The van der Waals surface area contributed by atoms with Crippen LogP contribution < -0.4 is 0 Å². The fourth-order valence-corrected chi connectivity index (χ4v) is 1.47. The van der Waals surface area contributed by atoms with E-state index in [2.05, 4.69) is 0 Å². The largest absolute Gasteiger partial charge is 0.463 e. The number of carbonyl (C=O) groups excluding carboxylic acids is 2. The van der Waals surface area contributed by atoms with Crippen LogP contribution in [0, 0.1) is 0 Å². The molecule has 0 aromatic rings. The molecule has 0 radical (unpaired) electrons. The predicted octanol–water partition coefficient (Wildman–Crippen LogP) is 2.86. The van der Waals surface area contributed by atoms with E-state index in [9.17, 15) is 9.59 Å². The van der Waals surface area contributed by atoms with Gasteiger partial charge in [0.05, 0.1) is 12.7 Å². The van der Waals surface area contributed by atoms with Crippen LogP contribution in [0.5, 0.6) is 0 Å². The van der Waals surface area contributed by atoms with Crippen LogP contribution in [0.15, 0.2) is 0 Å². The summed E-state index contributed by atoms with van der Waals surface area (Å²) in [7, 11) is 0. The van der Waals surface area contributed by atoms with Gasteiger partial charge in [-0.2, -0.15) is 0 Å². The van der Waals surface area contributed by atoms with Gasteiger partial charge in [0.2, 0.25) is 0 Å². The molecule has 0 aliphatic rings. The molecule has 2 unspecified atom stereocenters. The van der Waals surface area contributed by atoms with Crippen LogP contribution in [0.25, 0.3) is 0 Å². The van der Waals surface area contributed by atoms with E-state index < -0.39 is 0 Å². The van der Waals surface area contributed by atoms with E-state index in [-0.39, 0.29) is 30.8 Å². The molecule has 0 bridgehead atoms. The third-order valence-electron chi connectivity index (χ3n) is 2.62. The molecule has 0 spiro atoms. The molecule has 118 valence electrons. The molecule has 2 atom stereocenters. The molecule has 0 aliphatic carbocycles. The highest BCUT2D eigenvalue weighted by atomic mass is 16.6. The Morgan fingerprint density at radius 3 is 2.20 bits per heavy atom. The highest BCUT2D eigenvalue weighted by Crippen LogP contribution is 2.03. The number of carbonyl (C=O) groups is 2. The minimum Gasteiger partial charge on any atom is -0.463 e. The van der Waals surface area contributed by atoms with Gasteiger partial charge >= 0.3 is 11.9 Å². The number of rotatable bonds is 11. The Morgan fingerprint density at radius 2 is 1.60 bits per heavy atom. The average Bonchev–Trinajstić information content (AvgIpc) is 2.41. The molecule has 0 fully saturated rings. The zero-order valence-corrected chi connectivity index (χ0v) is 13.1. The minimum absolute atomic E-state index is 0.190. The van der Waals surface area contributed by atoms with Crippen molar-refractivity contribution < 1.29 is 23.8 Å². The van der Waals surface area contributed by atoms with E-state index >= 15 is 0 Å². The molecule has 0 aromatic carbocycles. The van der Waals surface area contributed by atoms with Gasteiger partial charge in [-0.15, -0.1) is 0 Å². The van der Waals surface area contributed by atoms with E-state index in [1.807, 2.05) is 20.8 Å². The molecule has 5 heteroatoms. The molecule has 5 nitrogen and oxygen atoms in total. The molecule has 20 heavy (non-hydrogen) atoms. The summed E-state index contributed by atoms with van der Waals surface area (Å²) < 4.78 is 15.7. The SMILES string of the molecule is CCCCC(=O)OC(C)COC(C)COC(=O)CCC. The summed E-state index contributed by atoms with van der Waals surface area (Å²) in [5.41, 5.74) is 0. The van der Waals surface area contributed by atoms with Gasteiger partial charge in [-0.3, -0.25) is 9.59 Å². The molecular weight excluding hydrogens is 260 g/mol. The Hall–Kier alpha value is -1.10. The van der Waals surface area contributed by atoms with Gasteiger partial charge in [0, 0.05) is 12.8 Å². The van der Waals surface area contributed by atoms with E-state index in [0.29, 0.717) is 19.4 Å². The highest BCUT2D eigenvalue weighted by Gasteiger charge is 2.12. The number of ether oxygens (including phenoxy) is 3. The fourth-order valence-electron chi connectivity index (χ4n) is 1.47. The van der Waals surface area contributed by atoms with Crippen molar-refractivity contribution in [2.45, 2.75) is 72.0 Å². The van der Waals surface area contributed by atoms with Crippen LogP contribution in [-0.4, -0.2) is 37.4 Å². The second-order valence-electron chi connectivity index (χ2n) is 4.98. The first kappa shape index (κ1) is 18.9. The number of esters is 2. The summed E-state index contributed by atoms with van der Waals surface area (Å²) in [4.78, 5) is 22.6. The molecule has 0 N–H and O–H groups in total. The van der Waals surface area contributed by atoms with Crippen molar-refractivity contribution in [3.63, 3.8) is 0 Å². The quantitative estimate of drug-likeness (QED) is 0.547. The second kappa shape index (κ2) is 11.7. The molecule has 0 aromatic heterocycles. The van der Waals surface area contributed by atoms with Gasteiger partial charge in [0.25, 0.3) is 0 Å². The molecule has 0 amide bonds. The first-order valence-electron chi connectivity index (χ1n) is 7.46. The van der Waals surface area contributed by atoms with E-state index in [0.717, 1.165) is 19.3 Å². The van der Waals surface area contributed by atoms with Crippen molar-refractivity contribution in [1.82, 2.24) is 0 Å². The monoisotopic (exact) mass is 288 g/mol.